The topological polar surface area (TPSA) is 23.8 Å². The van der Waals surface area contributed by atoms with Gasteiger partial charge in [-0.25, -0.2) is 4.39 Å². The lowest BCUT2D eigenvalue weighted by atomic mass is 9.60. The van der Waals surface area contributed by atoms with E-state index < -0.39 is 6.17 Å². The van der Waals surface area contributed by atoms with Crippen molar-refractivity contribution in [1.29, 1.82) is 5.26 Å². The minimum absolute atomic E-state index is 0.322. The van der Waals surface area contributed by atoms with Crippen molar-refractivity contribution >= 4 is 0 Å². The molecule has 0 spiro atoms. The van der Waals surface area contributed by atoms with Gasteiger partial charge in [0.15, 0.2) is 0 Å². The Kier molecular flexibility index (Phi) is 5.42. The van der Waals surface area contributed by atoms with E-state index in [1.807, 2.05) is 0 Å². The van der Waals surface area contributed by atoms with E-state index in [1.165, 1.54) is 51.4 Å². The molecule has 7 atom stereocenters. The Bertz CT molecular complexity index is 401. The first-order valence-corrected chi connectivity index (χ1v) is 9.74. The minimum atomic E-state index is -0.859. The van der Waals surface area contributed by atoms with Crippen LogP contribution in [-0.2, 0) is 0 Å². The van der Waals surface area contributed by atoms with Crippen molar-refractivity contribution in [2.45, 2.75) is 83.7 Å². The van der Waals surface area contributed by atoms with E-state index in [0.29, 0.717) is 12.3 Å². The molecule has 1 nitrogen and oxygen atoms in total. The van der Waals surface area contributed by atoms with E-state index in [1.54, 1.807) is 0 Å². The van der Waals surface area contributed by atoms with Gasteiger partial charge in [0.25, 0.3) is 0 Å². The fourth-order valence-electron chi connectivity index (χ4n) is 5.84. The molecule has 3 aliphatic rings. The zero-order valence-corrected chi connectivity index (χ0v) is 14.1. The monoisotopic (exact) mass is 305 g/mol. The van der Waals surface area contributed by atoms with Crippen LogP contribution in [-0.4, -0.2) is 6.17 Å². The van der Waals surface area contributed by atoms with Gasteiger partial charge in [0.05, 0.1) is 12.0 Å². The molecule has 124 valence electrons. The van der Waals surface area contributed by atoms with E-state index in [9.17, 15) is 4.39 Å². The van der Waals surface area contributed by atoms with Gasteiger partial charge in [-0.15, -0.1) is 0 Å². The van der Waals surface area contributed by atoms with Gasteiger partial charge in [-0.05, 0) is 81.0 Å². The van der Waals surface area contributed by atoms with Crippen LogP contribution in [0.15, 0.2) is 0 Å². The third-order valence-corrected chi connectivity index (χ3v) is 7.10. The van der Waals surface area contributed by atoms with E-state index in [2.05, 4.69) is 13.0 Å². The summed E-state index contributed by atoms with van der Waals surface area (Å²) in [6.07, 6.45) is 12.9. The molecule has 0 aromatic rings. The Morgan fingerprint density at radius 3 is 2.09 bits per heavy atom. The Morgan fingerprint density at radius 2 is 1.45 bits per heavy atom. The van der Waals surface area contributed by atoms with Gasteiger partial charge in [0, 0.05) is 0 Å². The predicted octanol–water partition coefficient (Wildman–Crippen LogP) is 5.90. The number of rotatable bonds is 3. The fraction of sp³-hybridized carbons (Fsp3) is 0.950. The molecule has 3 fully saturated rings. The average molecular weight is 305 g/mol. The normalized spacial score (nSPS) is 45.8. The minimum Gasteiger partial charge on any atom is -0.246 e. The summed E-state index contributed by atoms with van der Waals surface area (Å²) in [5.74, 6) is 3.88. The maximum atomic E-state index is 14.1. The zero-order valence-electron chi connectivity index (χ0n) is 14.1. The quantitative estimate of drug-likeness (QED) is 0.637. The Hall–Kier alpha value is -0.580. The van der Waals surface area contributed by atoms with Crippen LogP contribution in [0.2, 0.25) is 0 Å². The first-order valence-electron chi connectivity index (χ1n) is 9.74. The molecule has 0 bridgehead atoms. The number of fused-ring (bicyclic) bond motifs is 1. The second kappa shape index (κ2) is 7.33. The molecule has 0 saturated heterocycles. The molecular weight excluding hydrogens is 273 g/mol. The third-order valence-electron chi connectivity index (χ3n) is 7.10. The largest absolute Gasteiger partial charge is 0.246 e. The molecule has 0 aliphatic heterocycles. The molecule has 3 aliphatic carbocycles. The molecule has 2 heteroatoms. The van der Waals surface area contributed by atoms with Gasteiger partial charge in [0.1, 0.15) is 6.17 Å². The van der Waals surface area contributed by atoms with Crippen molar-refractivity contribution in [1.82, 2.24) is 0 Å². The predicted molar refractivity (Wildman–Crippen MR) is 87.9 cm³/mol. The first kappa shape index (κ1) is 16.3. The number of nitrogens with zero attached hydrogens (tertiary/aromatic N) is 1. The van der Waals surface area contributed by atoms with E-state index in [0.717, 1.165) is 36.5 Å². The lowest BCUT2D eigenvalue weighted by Gasteiger charge is -2.45. The van der Waals surface area contributed by atoms with Crippen molar-refractivity contribution in [3.05, 3.63) is 0 Å². The second-order valence-electron chi connectivity index (χ2n) is 8.39. The van der Waals surface area contributed by atoms with Crippen LogP contribution in [0.25, 0.3) is 0 Å². The molecule has 0 aromatic carbocycles. The fourth-order valence-corrected chi connectivity index (χ4v) is 5.84. The molecule has 0 amide bonds. The number of alkyl halides is 1. The zero-order chi connectivity index (χ0) is 15.5. The van der Waals surface area contributed by atoms with Crippen LogP contribution >= 0.6 is 0 Å². The number of halogens is 1. The summed E-state index contributed by atoms with van der Waals surface area (Å²) in [5, 5.41) is 8.99. The Labute approximate surface area is 135 Å². The SMILES string of the molecule is CCCC1CCC2CC(C3CCC(C#N)C(F)C3)CCC2C1. The summed E-state index contributed by atoms with van der Waals surface area (Å²) in [5.41, 5.74) is 0. The van der Waals surface area contributed by atoms with Crippen LogP contribution in [0.1, 0.15) is 77.6 Å². The smallest absolute Gasteiger partial charge is 0.116 e. The van der Waals surface area contributed by atoms with Crippen molar-refractivity contribution < 1.29 is 4.39 Å². The molecule has 0 radical (unpaired) electrons. The summed E-state index contributed by atoms with van der Waals surface area (Å²) >= 11 is 0. The number of hydrogen-bond acceptors (Lipinski definition) is 1. The van der Waals surface area contributed by atoms with E-state index >= 15 is 0 Å². The van der Waals surface area contributed by atoms with E-state index in [-0.39, 0.29) is 5.92 Å². The average Bonchev–Trinajstić information content (AvgIpc) is 2.54. The summed E-state index contributed by atoms with van der Waals surface area (Å²) in [4.78, 5) is 0. The highest BCUT2D eigenvalue weighted by Gasteiger charge is 2.40. The first-order chi connectivity index (χ1) is 10.7. The van der Waals surface area contributed by atoms with Gasteiger partial charge < -0.3 is 0 Å². The summed E-state index contributed by atoms with van der Waals surface area (Å²) in [6, 6.07) is 2.16. The molecule has 0 heterocycles. The van der Waals surface area contributed by atoms with Crippen LogP contribution in [0.3, 0.4) is 0 Å². The highest BCUT2D eigenvalue weighted by Crippen LogP contribution is 2.49. The molecule has 3 rings (SSSR count). The van der Waals surface area contributed by atoms with Gasteiger partial charge in [0.2, 0.25) is 0 Å². The molecular formula is C20H32FN. The van der Waals surface area contributed by atoms with Crippen molar-refractivity contribution in [3.8, 4) is 6.07 Å². The van der Waals surface area contributed by atoms with Crippen LogP contribution in [0.4, 0.5) is 4.39 Å². The maximum absolute atomic E-state index is 14.1. The van der Waals surface area contributed by atoms with Crippen LogP contribution in [0, 0.1) is 46.8 Å². The lowest BCUT2D eigenvalue weighted by molar-refractivity contribution is 0.0435. The Balaban J connectivity index is 1.52. The lowest BCUT2D eigenvalue weighted by Crippen LogP contribution is -2.36. The summed E-state index contributed by atoms with van der Waals surface area (Å²) < 4.78 is 14.1. The van der Waals surface area contributed by atoms with Gasteiger partial charge in [-0.2, -0.15) is 5.26 Å². The third kappa shape index (κ3) is 3.50. The van der Waals surface area contributed by atoms with Crippen molar-refractivity contribution in [2.75, 3.05) is 0 Å². The maximum Gasteiger partial charge on any atom is 0.116 e. The summed E-state index contributed by atoms with van der Waals surface area (Å²) in [7, 11) is 0. The number of nitriles is 1. The van der Waals surface area contributed by atoms with Gasteiger partial charge >= 0.3 is 0 Å². The Morgan fingerprint density at radius 1 is 0.864 bits per heavy atom. The van der Waals surface area contributed by atoms with Crippen molar-refractivity contribution in [3.63, 3.8) is 0 Å². The van der Waals surface area contributed by atoms with Crippen LogP contribution in [0.5, 0.6) is 0 Å². The number of hydrogen-bond donors (Lipinski definition) is 0. The van der Waals surface area contributed by atoms with Gasteiger partial charge in [-0.3, -0.25) is 0 Å². The highest BCUT2D eigenvalue weighted by molar-refractivity contribution is 4.96. The summed E-state index contributed by atoms with van der Waals surface area (Å²) in [6.45, 7) is 2.31. The standard InChI is InChI=1S/C20H32FN/c1-2-3-14-4-5-16-11-17(7-6-15(16)10-14)18-8-9-19(13-22)20(21)12-18/h14-20H,2-12H2,1H3. The van der Waals surface area contributed by atoms with Gasteiger partial charge in [-0.1, -0.05) is 26.2 Å². The van der Waals surface area contributed by atoms with E-state index in [4.69, 9.17) is 5.26 Å². The highest BCUT2D eigenvalue weighted by atomic mass is 19.1. The molecule has 3 saturated carbocycles. The molecule has 0 aromatic heterocycles. The van der Waals surface area contributed by atoms with Crippen LogP contribution < -0.4 is 0 Å². The molecule has 0 N–H and O–H groups in total. The molecule has 22 heavy (non-hydrogen) atoms. The van der Waals surface area contributed by atoms with Crippen molar-refractivity contribution in [2.24, 2.45) is 35.5 Å². The second-order valence-corrected chi connectivity index (χ2v) is 8.39. The molecule has 7 unspecified atom stereocenters.